The Morgan fingerprint density at radius 2 is 1.86 bits per heavy atom. The number of hydrogen-bond acceptors (Lipinski definition) is 4. The highest BCUT2D eigenvalue weighted by Gasteiger charge is 2.35. The maximum atomic E-state index is 12.5. The van der Waals surface area contributed by atoms with Gasteiger partial charge >= 0.3 is 13.3 Å². The second kappa shape index (κ2) is 7.73. The van der Waals surface area contributed by atoms with Crippen LogP contribution < -0.4 is 9.47 Å². The minimum absolute atomic E-state index is 0.159. The fraction of sp³-hybridized carbons (Fsp3) is 0.588. The van der Waals surface area contributed by atoms with Crippen LogP contribution >= 0.6 is 7.80 Å². The molecule has 2 atom stereocenters. The molecule has 22 heavy (non-hydrogen) atoms. The van der Waals surface area contributed by atoms with E-state index in [2.05, 4.69) is 20.8 Å². The van der Waals surface area contributed by atoms with Crippen LogP contribution in [-0.2, 0) is 4.57 Å². The first-order chi connectivity index (χ1) is 10.2. The van der Waals surface area contributed by atoms with Crippen LogP contribution in [0.1, 0.15) is 44.5 Å². The van der Waals surface area contributed by atoms with E-state index < -0.39 is 7.80 Å². The Hall–Kier alpha value is -1.41. The van der Waals surface area contributed by atoms with Crippen molar-refractivity contribution in [1.29, 1.82) is 0 Å². The molecular formula is C17H26O4P+. The summed E-state index contributed by atoms with van der Waals surface area (Å²) in [5.74, 6) is 1.05. The van der Waals surface area contributed by atoms with E-state index in [4.69, 9.17) is 9.47 Å². The van der Waals surface area contributed by atoms with Crippen LogP contribution in [0.3, 0.4) is 0 Å². The lowest BCUT2D eigenvalue weighted by molar-refractivity contribution is 0.107. The SMILES string of the molecule is COc1cccc(C(=O)[P+](=O)C[C@H](C)CC(C)(C)C)c1OC. The highest BCUT2D eigenvalue weighted by Crippen LogP contribution is 2.39. The average Bonchev–Trinajstić information content (AvgIpc) is 2.43. The molecule has 5 heteroatoms. The van der Waals surface area contributed by atoms with Gasteiger partial charge in [-0.1, -0.05) is 38.3 Å². The lowest BCUT2D eigenvalue weighted by Gasteiger charge is -2.20. The smallest absolute Gasteiger partial charge is 0.420 e. The summed E-state index contributed by atoms with van der Waals surface area (Å²) in [6.45, 7) is 8.46. The number of methoxy groups -OCH3 is 2. The first kappa shape index (κ1) is 18.6. The average molecular weight is 325 g/mol. The molecule has 1 aromatic rings. The molecular weight excluding hydrogens is 299 g/mol. The van der Waals surface area contributed by atoms with Crippen LogP contribution in [0.4, 0.5) is 0 Å². The highest BCUT2D eigenvalue weighted by atomic mass is 31.1. The van der Waals surface area contributed by atoms with Gasteiger partial charge in [-0.15, -0.1) is 0 Å². The topological polar surface area (TPSA) is 52.6 Å². The van der Waals surface area contributed by atoms with Crippen molar-refractivity contribution in [2.45, 2.75) is 34.1 Å². The number of carbonyl (C=O) groups is 1. The fourth-order valence-corrected chi connectivity index (χ4v) is 3.97. The summed E-state index contributed by atoms with van der Waals surface area (Å²) in [5, 5.41) is 0. The van der Waals surface area contributed by atoms with E-state index in [1.54, 1.807) is 18.2 Å². The zero-order chi connectivity index (χ0) is 16.9. The molecule has 0 aromatic heterocycles. The van der Waals surface area contributed by atoms with E-state index in [1.807, 2.05) is 6.92 Å². The van der Waals surface area contributed by atoms with Gasteiger partial charge in [-0.2, -0.15) is 0 Å². The predicted molar refractivity (Wildman–Crippen MR) is 89.6 cm³/mol. The van der Waals surface area contributed by atoms with E-state index >= 15 is 0 Å². The first-order valence-electron chi connectivity index (χ1n) is 7.39. The molecule has 0 spiro atoms. The monoisotopic (exact) mass is 325 g/mol. The zero-order valence-corrected chi connectivity index (χ0v) is 15.2. The number of para-hydroxylation sites is 1. The van der Waals surface area contributed by atoms with E-state index in [1.165, 1.54) is 14.2 Å². The number of rotatable bonds is 7. The van der Waals surface area contributed by atoms with Crippen molar-refractivity contribution in [3.05, 3.63) is 23.8 Å². The summed E-state index contributed by atoms with van der Waals surface area (Å²) in [6.07, 6.45) is 1.32. The van der Waals surface area contributed by atoms with Crippen LogP contribution in [0, 0.1) is 11.3 Å². The minimum Gasteiger partial charge on any atom is -0.493 e. The maximum Gasteiger partial charge on any atom is 0.420 e. The Morgan fingerprint density at radius 1 is 1.23 bits per heavy atom. The van der Waals surface area contributed by atoms with E-state index in [0.717, 1.165) is 6.42 Å². The van der Waals surface area contributed by atoms with Crippen molar-refractivity contribution >= 4 is 13.3 Å². The minimum atomic E-state index is -1.97. The molecule has 0 bridgehead atoms. The molecule has 122 valence electrons. The fourth-order valence-electron chi connectivity index (χ4n) is 2.67. The third kappa shape index (κ3) is 5.10. The standard InChI is InChI=1S/C17H26O4P/c1-12(10-17(2,3)4)11-22(19)16(18)13-8-7-9-14(20-5)15(13)21-6/h7-9,12H,10-11H2,1-6H3/q+1/t12-/m1/s1. The van der Waals surface area contributed by atoms with E-state index in [-0.39, 0.29) is 16.9 Å². The molecule has 0 saturated carbocycles. The van der Waals surface area contributed by atoms with Gasteiger partial charge in [0.25, 0.3) is 0 Å². The first-order valence-corrected chi connectivity index (χ1v) is 8.84. The Kier molecular flexibility index (Phi) is 6.55. The number of ether oxygens (including phenoxy) is 2. The summed E-state index contributed by atoms with van der Waals surface area (Å²) in [6, 6.07) is 5.05. The summed E-state index contributed by atoms with van der Waals surface area (Å²) in [5.41, 5.74) is 0.115. The van der Waals surface area contributed by atoms with Crippen molar-refractivity contribution in [2.75, 3.05) is 20.4 Å². The predicted octanol–water partition coefficient (Wildman–Crippen LogP) is 4.74. The van der Waals surface area contributed by atoms with Gasteiger partial charge in [-0.3, -0.25) is 0 Å². The number of carbonyl (C=O) groups excluding carboxylic acids is 1. The maximum absolute atomic E-state index is 12.5. The summed E-state index contributed by atoms with van der Waals surface area (Å²) in [7, 11) is 1.01. The van der Waals surface area contributed by atoms with Crippen LogP contribution in [0.5, 0.6) is 11.5 Å². The molecule has 0 saturated heterocycles. The molecule has 0 amide bonds. The molecule has 0 heterocycles. The van der Waals surface area contributed by atoms with Gasteiger partial charge in [0, 0.05) is 5.92 Å². The molecule has 0 aliphatic carbocycles. The van der Waals surface area contributed by atoms with Crippen LogP contribution in [0.15, 0.2) is 18.2 Å². The molecule has 1 rings (SSSR count). The molecule has 1 aromatic carbocycles. The lowest BCUT2D eigenvalue weighted by atomic mass is 9.86. The molecule has 0 aliphatic heterocycles. The third-order valence-electron chi connectivity index (χ3n) is 3.30. The normalized spacial score (nSPS) is 13.5. The quantitative estimate of drug-likeness (QED) is 0.679. The highest BCUT2D eigenvalue weighted by molar-refractivity contribution is 7.64. The van der Waals surface area contributed by atoms with Crippen molar-refractivity contribution in [2.24, 2.45) is 11.3 Å². The molecule has 0 fully saturated rings. The van der Waals surface area contributed by atoms with Gasteiger partial charge in [-0.05, 0) is 24.0 Å². The Morgan fingerprint density at radius 3 is 2.36 bits per heavy atom. The number of hydrogen-bond donors (Lipinski definition) is 0. The van der Waals surface area contributed by atoms with Crippen molar-refractivity contribution in [1.82, 2.24) is 0 Å². The summed E-state index contributed by atoms with van der Waals surface area (Å²) < 4.78 is 22.8. The van der Waals surface area contributed by atoms with E-state index in [0.29, 0.717) is 23.2 Å². The van der Waals surface area contributed by atoms with Gasteiger partial charge in [0.1, 0.15) is 5.56 Å². The van der Waals surface area contributed by atoms with Gasteiger partial charge in [0.2, 0.25) is 0 Å². The van der Waals surface area contributed by atoms with Gasteiger partial charge in [0.15, 0.2) is 17.7 Å². The second-order valence-corrected chi connectivity index (χ2v) is 8.31. The zero-order valence-electron chi connectivity index (χ0n) is 14.3. The van der Waals surface area contributed by atoms with Gasteiger partial charge < -0.3 is 9.47 Å². The third-order valence-corrected chi connectivity index (χ3v) is 4.95. The number of benzene rings is 1. The Bertz CT molecular complexity index is 546. The summed E-state index contributed by atoms with van der Waals surface area (Å²) in [4.78, 5) is 12.5. The molecule has 4 nitrogen and oxygen atoms in total. The van der Waals surface area contributed by atoms with Crippen molar-refractivity contribution < 1.29 is 18.8 Å². The Labute approximate surface area is 134 Å². The van der Waals surface area contributed by atoms with Crippen molar-refractivity contribution in [3.63, 3.8) is 0 Å². The molecule has 0 N–H and O–H groups in total. The van der Waals surface area contributed by atoms with E-state index in [9.17, 15) is 9.36 Å². The second-order valence-electron chi connectivity index (χ2n) is 6.78. The largest absolute Gasteiger partial charge is 0.493 e. The Balaban J connectivity index is 2.90. The van der Waals surface area contributed by atoms with Gasteiger partial charge in [-0.25, -0.2) is 4.79 Å². The van der Waals surface area contributed by atoms with Crippen LogP contribution in [-0.4, -0.2) is 25.9 Å². The van der Waals surface area contributed by atoms with Crippen molar-refractivity contribution in [3.8, 4) is 11.5 Å². The van der Waals surface area contributed by atoms with Gasteiger partial charge in [0.05, 0.1) is 14.2 Å². The van der Waals surface area contributed by atoms with Crippen LogP contribution in [0.25, 0.3) is 0 Å². The van der Waals surface area contributed by atoms with Crippen LogP contribution in [0.2, 0.25) is 0 Å². The molecule has 0 radical (unpaired) electrons. The summed E-state index contributed by atoms with van der Waals surface area (Å²) >= 11 is 0. The molecule has 0 aliphatic rings. The lowest BCUT2D eigenvalue weighted by Crippen LogP contribution is -2.13. The molecule has 1 unspecified atom stereocenters.